The predicted molar refractivity (Wildman–Crippen MR) is 112 cm³/mol. The van der Waals surface area contributed by atoms with Crippen LogP contribution < -0.4 is 0 Å². The number of hydrogen-bond acceptors (Lipinski definition) is 7. The third-order valence-corrected chi connectivity index (χ3v) is 7.37. The second kappa shape index (κ2) is 7.92. The first-order chi connectivity index (χ1) is 14.3. The summed E-state index contributed by atoms with van der Waals surface area (Å²) in [4.78, 5) is 50.2. The zero-order valence-corrected chi connectivity index (χ0v) is 19.2. The zero-order chi connectivity index (χ0) is 23.3. The van der Waals surface area contributed by atoms with Crippen LogP contribution in [0.3, 0.4) is 0 Å². The van der Waals surface area contributed by atoms with Gasteiger partial charge >= 0.3 is 11.9 Å². The number of rotatable bonds is 4. The Morgan fingerprint density at radius 3 is 2.32 bits per heavy atom. The van der Waals surface area contributed by atoms with Gasteiger partial charge in [-0.2, -0.15) is 0 Å². The first kappa shape index (κ1) is 23.2. The number of esters is 2. The van der Waals surface area contributed by atoms with Gasteiger partial charge in [-0.1, -0.05) is 34.1 Å². The Bertz CT molecular complexity index is 907. The van der Waals surface area contributed by atoms with Crippen molar-refractivity contribution < 1.29 is 33.8 Å². The second-order valence-corrected chi connectivity index (χ2v) is 10.1. The van der Waals surface area contributed by atoms with Crippen molar-refractivity contribution in [1.82, 2.24) is 0 Å². The minimum atomic E-state index is -0.844. The van der Waals surface area contributed by atoms with Crippen molar-refractivity contribution in [3.63, 3.8) is 0 Å². The SMILES string of the molecule is CC(=O)OCC(C)C1=C(O)C(=O)C2=C(C1=O)[C@H](OC(C)=O)C[C@H]1C(C)(C)CCC[C@]21C. The third kappa shape index (κ3) is 3.83. The van der Waals surface area contributed by atoms with Gasteiger partial charge in [0.05, 0.1) is 12.2 Å². The van der Waals surface area contributed by atoms with E-state index >= 15 is 0 Å². The molecule has 0 aromatic heterocycles. The van der Waals surface area contributed by atoms with Gasteiger partial charge in [0.1, 0.15) is 6.10 Å². The van der Waals surface area contributed by atoms with E-state index in [0.29, 0.717) is 6.42 Å². The lowest BCUT2D eigenvalue weighted by molar-refractivity contribution is -0.150. The Morgan fingerprint density at radius 1 is 1.10 bits per heavy atom. The highest BCUT2D eigenvalue weighted by molar-refractivity contribution is 6.25. The van der Waals surface area contributed by atoms with Crippen molar-refractivity contribution in [2.24, 2.45) is 22.7 Å². The van der Waals surface area contributed by atoms with Crippen LogP contribution in [0.2, 0.25) is 0 Å². The number of carbonyl (C=O) groups is 4. The predicted octanol–water partition coefficient (Wildman–Crippen LogP) is 3.61. The van der Waals surface area contributed by atoms with Gasteiger partial charge in [-0.25, -0.2) is 0 Å². The van der Waals surface area contributed by atoms with E-state index in [0.717, 1.165) is 19.3 Å². The molecule has 1 fully saturated rings. The number of carbonyl (C=O) groups excluding carboxylic acids is 4. The number of hydrogen-bond donors (Lipinski definition) is 1. The number of fused-ring (bicyclic) bond motifs is 2. The number of Topliss-reactive ketones (excluding diaryl/α,β-unsaturated/α-hetero) is 2. The normalized spacial score (nSPS) is 31.0. The van der Waals surface area contributed by atoms with Crippen molar-refractivity contribution in [2.75, 3.05) is 6.61 Å². The average molecular weight is 433 g/mol. The molecule has 0 bridgehead atoms. The van der Waals surface area contributed by atoms with Gasteiger partial charge < -0.3 is 14.6 Å². The molecule has 7 nitrogen and oxygen atoms in total. The van der Waals surface area contributed by atoms with Crippen molar-refractivity contribution >= 4 is 23.5 Å². The van der Waals surface area contributed by atoms with E-state index in [1.54, 1.807) is 6.92 Å². The van der Waals surface area contributed by atoms with E-state index in [1.165, 1.54) is 13.8 Å². The molecule has 0 spiro atoms. The van der Waals surface area contributed by atoms with Crippen LogP contribution in [0.4, 0.5) is 0 Å². The van der Waals surface area contributed by atoms with Crippen LogP contribution >= 0.6 is 0 Å². The molecule has 0 heterocycles. The van der Waals surface area contributed by atoms with Crippen molar-refractivity contribution in [3.8, 4) is 0 Å². The topological polar surface area (TPSA) is 107 Å². The first-order valence-corrected chi connectivity index (χ1v) is 10.9. The minimum Gasteiger partial charge on any atom is -0.504 e. The molecular formula is C24H32O7. The van der Waals surface area contributed by atoms with Gasteiger partial charge in [0.2, 0.25) is 5.78 Å². The highest BCUT2D eigenvalue weighted by Crippen LogP contribution is 2.61. The fraction of sp³-hybridized carbons (Fsp3) is 0.667. The Kier molecular flexibility index (Phi) is 5.93. The van der Waals surface area contributed by atoms with Gasteiger partial charge in [-0.15, -0.1) is 0 Å². The molecule has 0 amide bonds. The maximum Gasteiger partial charge on any atom is 0.303 e. The van der Waals surface area contributed by atoms with E-state index in [1.807, 2.05) is 6.92 Å². The molecule has 170 valence electrons. The van der Waals surface area contributed by atoms with E-state index in [-0.39, 0.29) is 34.7 Å². The van der Waals surface area contributed by atoms with E-state index in [9.17, 15) is 24.3 Å². The summed E-state index contributed by atoms with van der Waals surface area (Å²) in [5.41, 5.74) is -0.332. The number of aliphatic hydroxyl groups is 1. The van der Waals surface area contributed by atoms with Gasteiger partial charge in [0.25, 0.3) is 0 Å². The van der Waals surface area contributed by atoms with Crippen LogP contribution in [0, 0.1) is 22.7 Å². The Hall–Kier alpha value is -2.44. The molecule has 1 N–H and O–H groups in total. The summed E-state index contributed by atoms with van der Waals surface area (Å²) in [5, 5.41) is 10.8. The molecule has 0 aromatic rings. The first-order valence-electron chi connectivity index (χ1n) is 10.9. The smallest absolute Gasteiger partial charge is 0.303 e. The van der Waals surface area contributed by atoms with E-state index in [2.05, 4.69) is 13.8 Å². The summed E-state index contributed by atoms with van der Waals surface area (Å²) in [6, 6.07) is 0. The summed E-state index contributed by atoms with van der Waals surface area (Å²) < 4.78 is 10.6. The molecule has 0 aliphatic heterocycles. The average Bonchev–Trinajstić information content (AvgIpc) is 2.64. The maximum absolute atomic E-state index is 13.6. The highest BCUT2D eigenvalue weighted by Gasteiger charge is 2.58. The van der Waals surface area contributed by atoms with Crippen molar-refractivity contribution in [2.45, 2.75) is 73.3 Å². The third-order valence-electron chi connectivity index (χ3n) is 7.37. The summed E-state index contributed by atoms with van der Waals surface area (Å²) >= 11 is 0. The highest BCUT2D eigenvalue weighted by atomic mass is 16.5. The Morgan fingerprint density at radius 2 is 1.74 bits per heavy atom. The van der Waals surface area contributed by atoms with E-state index < -0.39 is 46.7 Å². The van der Waals surface area contributed by atoms with Crippen LogP contribution in [0.5, 0.6) is 0 Å². The molecule has 3 aliphatic rings. The van der Waals surface area contributed by atoms with Crippen molar-refractivity contribution in [3.05, 3.63) is 22.5 Å². The van der Waals surface area contributed by atoms with Gasteiger partial charge in [-0.05, 0) is 30.6 Å². The quantitative estimate of drug-likeness (QED) is 0.534. The fourth-order valence-electron chi connectivity index (χ4n) is 6.03. The lowest BCUT2D eigenvalue weighted by Crippen LogP contribution is -2.53. The van der Waals surface area contributed by atoms with Crippen LogP contribution in [0.1, 0.15) is 67.2 Å². The number of ketones is 2. The van der Waals surface area contributed by atoms with Crippen molar-refractivity contribution in [1.29, 1.82) is 0 Å². The van der Waals surface area contributed by atoms with Crippen LogP contribution in [0.25, 0.3) is 0 Å². The van der Waals surface area contributed by atoms with Gasteiger partial charge in [-0.3, -0.25) is 19.2 Å². The van der Waals surface area contributed by atoms with Crippen LogP contribution in [-0.2, 0) is 28.7 Å². The number of aliphatic hydroxyl groups excluding tert-OH is 1. The lowest BCUT2D eigenvalue weighted by atomic mass is 9.48. The molecule has 0 radical (unpaired) electrons. The summed E-state index contributed by atoms with van der Waals surface area (Å²) in [6.07, 6.45) is 2.20. The zero-order valence-electron chi connectivity index (χ0n) is 19.2. The second-order valence-electron chi connectivity index (χ2n) is 10.1. The molecule has 31 heavy (non-hydrogen) atoms. The molecule has 4 atom stereocenters. The Labute approximate surface area is 182 Å². The maximum atomic E-state index is 13.6. The molecular weight excluding hydrogens is 400 g/mol. The summed E-state index contributed by atoms with van der Waals surface area (Å²) in [6.45, 7) is 10.3. The standard InChI is InChI=1S/C24H32O7/c1-12(11-30-13(2)25)17-20(27)18-15(31-14(3)26)10-16-23(4,5)8-7-9-24(16,6)19(18)22(29)21(17)28/h12,15-16,28H,7-11H2,1-6H3/t12?,15-,16+,24+/m1/s1. The van der Waals surface area contributed by atoms with Gasteiger partial charge in [0, 0.05) is 36.3 Å². The molecule has 7 heteroatoms. The molecule has 1 unspecified atom stereocenters. The van der Waals surface area contributed by atoms with Crippen LogP contribution in [0.15, 0.2) is 22.5 Å². The molecule has 3 aliphatic carbocycles. The fourth-order valence-corrected chi connectivity index (χ4v) is 6.03. The lowest BCUT2D eigenvalue weighted by Gasteiger charge is -2.56. The molecule has 3 rings (SSSR count). The summed E-state index contributed by atoms with van der Waals surface area (Å²) in [5.74, 6) is -3.38. The van der Waals surface area contributed by atoms with Crippen LogP contribution in [-0.4, -0.2) is 41.3 Å². The number of allylic oxidation sites excluding steroid dienone is 1. The molecule has 1 saturated carbocycles. The van der Waals surface area contributed by atoms with Gasteiger partial charge in [0.15, 0.2) is 11.5 Å². The summed E-state index contributed by atoms with van der Waals surface area (Å²) in [7, 11) is 0. The Balaban J connectivity index is 2.14. The van der Waals surface area contributed by atoms with E-state index in [4.69, 9.17) is 9.47 Å². The number of ether oxygens (including phenoxy) is 2. The minimum absolute atomic E-state index is 0.0152. The molecule has 0 saturated heterocycles. The largest absolute Gasteiger partial charge is 0.504 e. The monoisotopic (exact) mass is 432 g/mol. The molecule has 0 aromatic carbocycles.